The summed E-state index contributed by atoms with van der Waals surface area (Å²) in [6.45, 7) is 5.17. The minimum atomic E-state index is -0.205. The van der Waals surface area contributed by atoms with Crippen molar-refractivity contribution in [1.29, 1.82) is 0 Å². The van der Waals surface area contributed by atoms with Gasteiger partial charge < -0.3 is 14.9 Å². The summed E-state index contributed by atoms with van der Waals surface area (Å²) in [6, 6.07) is 11.9. The van der Waals surface area contributed by atoms with Gasteiger partial charge >= 0.3 is 0 Å². The lowest BCUT2D eigenvalue weighted by molar-refractivity contribution is 0.414. The van der Waals surface area contributed by atoms with E-state index in [1.807, 2.05) is 32.4 Å². The minimum absolute atomic E-state index is 0.205. The van der Waals surface area contributed by atoms with Crippen LogP contribution in [0, 0.1) is 5.82 Å². The van der Waals surface area contributed by atoms with E-state index in [2.05, 4.69) is 39.8 Å². The van der Waals surface area contributed by atoms with Crippen molar-refractivity contribution >= 4 is 17.6 Å². The number of H-pyrrole nitrogens is 1. The van der Waals surface area contributed by atoms with Gasteiger partial charge in [0.15, 0.2) is 0 Å². The molecule has 3 nitrogen and oxygen atoms in total. The number of hydrogen-bond donors (Lipinski definition) is 1. The summed E-state index contributed by atoms with van der Waals surface area (Å²) in [4.78, 5) is 9.10. The Hall–Kier alpha value is -2.46. The quantitative estimate of drug-likeness (QED) is 0.640. The fourth-order valence-corrected chi connectivity index (χ4v) is 3.03. The van der Waals surface area contributed by atoms with Gasteiger partial charge in [-0.15, -0.1) is 0 Å². The zero-order chi connectivity index (χ0) is 17.8. The third-order valence-electron chi connectivity index (χ3n) is 4.50. The predicted molar refractivity (Wildman–Crippen MR) is 104 cm³/mol. The van der Waals surface area contributed by atoms with Gasteiger partial charge in [0.05, 0.1) is 5.52 Å². The van der Waals surface area contributed by atoms with E-state index in [1.54, 1.807) is 6.07 Å². The molecule has 0 spiro atoms. The normalized spacial score (nSPS) is 11.4. The fourth-order valence-electron chi connectivity index (χ4n) is 3.03. The molecule has 3 rings (SSSR count). The van der Waals surface area contributed by atoms with Crippen molar-refractivity contribution in [3.05, 3.63) is 59.5 Å². The highest BCUT2D eigenvalue weighted by atomic mass is 19.1. The Morgan fingerprint density at radius 3 is 2.52 bits per heavy atom. The first-order valence-corrected chi connectivity index (χ1v) is 8.54. The SMILES string of the molecule is C=NCCc1ccc(-c2cc(F)c3[nH]cc(CCN(C)C)c3c2)cc1. The fraction of sp³-hybridized carbons (Fsp3) is 0.286. The number of nitrogens with one attached hydrogen (secondary N) is 1. The molecule has 0 unspecified atom stereocenters. The second-order valence-electron chi connectivity index (χ2n) is 6.64. The Kier molecular flexibility index (Phi) is 5.29. The zero-order valence-electron chi connectivity index (χ0n) is 14.8. The van der Waals surface area contributed by atoms with Crippen molar-refractivity contribution in [2.75, 3.05) is 27.2 Å². The van der Waals surface area contributed by atoms with Crippen molar-refractivity contribution in [2.24, 2.45) is 4.99 Å². The van der Waals surface area contributed by atoms with Crippen LogP contribution in [0.1, 0.15) is 11.1 Å². The van der Waals surface area contributed by atoms with E-state index in [0.29, 0.717) is 5.52 Å². The number of rotatable bonds is 7. The lowest BCUT2D eigenvalue weighted by Gasteiger charge is -2.09. The molecule has 0 radical (unpaired) electrons. The number of aliphatic imine (C=N–C) groups is 1. The number of aromatic nitrogens is 1. The van der Waals surface area contributed by atoms with E-state index in [4.69, 9.17) is 0 Å². The second kappa shape index (κ2) is 7.62. The molecule has 1 heterocycles. The summed E-state index contributed by atoms with van der Waals surface area (Å²) in [5, 5.41) is 0.969. The van der Waals surface area contributed by atoms with Gasteiger partial charge in [-0.05, 0) is 68.0 Å². The molecule has 3 aromatic rings. The van der Waals surface area contributed by atoms with Crippen LogP contribution in [0.2, 0.25) is 0 Å². The predicted octanol–water partition coefficient (Wildman–Crippen LogP) is 4.32. The molecule has 4 heteroatoms. The standard InChI is InChI=1S/C21H24FN3/c1-23-10-8-15-4-6-16(7-5-15)18-12-19-17(9-11-25(2)3)14-24-21(19)20(22)13-18/h4-7,12-14,24H,1,8-11H2,2-3H3. The molecule has 0 saturated carbocycles. The molecule has 2 aromatic carbocycles. The molecule has 0 aliphatic heterocycles. The van der Waals surface area contributed by atoms with Crippen molar-refractivity contribution in [1.82, 2.24) is 9.88 Å². The van der Waals surface area contributed by atoms with Gasteiger partial charge in [-0.25, -0.2) is 4.39 Å². The van der Waals surface area contributed by atoms with E-state index >= 15 is 0 Å². The number of aromatic amines is 1. The van der Waals surface area contributed by atoms with Crippen molar-refractivity contribution in [3.8, 4) is 11.1 Å². The number of fused-ring (bicyclic) bond motifs is 1. The topological polar surface area (TPSA) is 31.4 Å². The van der Waals surface area contributed by atoms with Gasteiger partial charge in [-0.2, -0.15) is 0 Å². The molecule has 0 aliphatic carbocycles. The molecule has 130 valence electrons. The van der Waals surface area contributed by atoms with Gasteiger partial charge in [0.1, 0.15) is 5.82 Å². The molecule has 25 heavy (non-hydrogen) atoms. The van der Waals surface area contributed by atoms with Crippen LogP contribution in [0.3, 0.4) is 0 Å². The molecule has 1 N–H and O–H groups in total. The highest BCUT2D eigenvalue weighted by Crippen LogP contribution is 2.29. The first-order valence-electron chi connectivity index (χ1n) is 8.54. The molecule has 0 fully saturated rings. The van der Waals surface area contributed by atoms with E-state index in [9.17, 15) is 4.39 Å². The van der Waals surface area contributed by atoms with Crippen LogP contribution in [0.25, 0.3) is 22.0 Å². The number of nitrogens with zero attached hydrogens (tertiary/aromatic N) is 2. The average Bonchev–Trinajstić information content (AvgIpc) is 3.02. The first kappa shape index (κ1) is 17.4. The van der Waals surface area contributed by atoms with Crippen LogP contribution < -0.4 is 0 Å². The summed E-state index contributed by atoms with van der Waals surface area (Å²) in [6.07, 6.45) is 3.69. The van der Waals surface area contributed by atoms with E-state index < -0.39 is 0 Å². The first-order chi connectivity index (χ1) is 12.1. The highest BCUT2D eigenvalue weighted by molar-refractivity contribution is 5.88. The molecule has 0 saturated heterocycles. The van der Waals surface area contributed by atoms with Crippen LogP contribution in [-0.4, -0.2) is 43.8 Å². The third kappa shape index (κ3) is 3.97. The summed E-state index contributed by atoms with van der Waals surface area (Å²) < 4.78 is 14.5. The molecule has 0 aliphatic rings. The summed E-state index contributed by atoms with van der Waals surface area (Å²) in [7, 11) is 4.09. The maximum Gasteiger partial charge on any atom is 0.147 e. The van der Waals surface area contributed by atoms with Gasteiger partial charge in [-0.3, -0.25) is 0 Å². The Morgan fingerprint density at radius 1 is 1.08 bits per heavy atom. The van der Waals surface area contributed by atoms with Crippen LogP contribution in [-0.2, 0) is 12.8 Å². The summed E-state index contributed by atoms with van der Waals surface area (Å²) in [5.41, 5.74) is 4.88. The van der Waals surface area contributed by atoms with Gasteiger partial charge in [-0.1, -0.05) is 24.3 Å². The maximum absolute atomic E-state index is 14.5. The molecule has 0 bridgehead atoms. The monoisotopic (exact) mass is 337 g/mol. The van der Waals surface area contributed by atoms with Crippen LogP contribution in [0.4, 0.5) is 4.39 Å². The molecular formula is C21H24FN3. The summed E-state index contributed by atoms with van der Waals surface area (Å²) in [5.74, 6) is -0.205. The van der Waals surface area contributed by atoms with Crippen molar-refractivity contribution in [3.63, 3.8) is 0 Å². The molecule has 0 atom stereocenters. The van der Waals surface area contributed by atoms with E-state index in [-0.39, 0.29) is 5.82 Å². The Morgan fingerprint density at radius 2 is 1.84 bits per heavy atom. The molecular weight excluding hydrogens is 313 g/mol. The van der Waals surface area contributed by atoms with Gasteiger partial charge in [0, 0.05) is 24.7 Å². The Labute approximate surface area is 148 Å². The second-order valence-corrected chi connectivity index (χ2v) is 6.64. The summed E-state index contributed by atoms with van der Waals surface area (Å²) >= 11 is 0. The Bertz CT molecular complexity index is 863. The largest absolute Gasteiger partial charge is 0.359 e. The highest BCUT2D eigenvalue weighted by Gasteiger charge is 2.11. The maximum atomic E-state index is 14.5. The average molecular weight is 337 g/mol. The lowest BCUT2D eigenvalue weighted by atomic mass is 9.99. The number of halogens is 1. The van der Waals surface area contributed by atoms with Crippen molar-refractivity contribution in [2.45, 2.75) is 12.8 Å². The minimum Gasteiger partial charge on any atom is -0.359 e. The van der Waals surface area contributed by atoms with Crippen molar-refractivity contribution < 1.29 is 4.39 Å². The van der Waals surface area contributed by atoms with Gasteiger partial charge in [0.2, 0.25) is 0 Å². The number of likely N-dealkylation sites (N-methyl/N-ethyl adjacent to an activating group) is 1. The van der Waals surface area contributed by atoms with Crippen LogP contribution >= 0.6 is 0 Å². The van der Waals surface area contributed by atoms with Gasteiger partial charge in [0.25, 0.3) is 0 Å². The van der Waals surface area contributed by atoms with Crippen LogP contribution in [0.5, 0.6) is 0 Å². The number of benzene rings is 2. The van der Waals surface area contributed by atoms with E-state index in [0.717, 1.165) is 48.0 Å². The van der Waals surface area contributed by atoms with Crippen LogP contribution in [0.15, 0.2) is 47.6 Å². The number of hydrogen-bond acceptors (Lipinski definition) is 2. The smallest absolute Gasteiger partial charge is 0.147 e. The lowest BCUT2D eigenvalue weighted by Crippen LogP contribution is -2.14. The molecule has 0 amide bonds. The third-order valence-corrected chi connectivity index (χ3v) is 4.50. The van der Waals surface area contributed by atoms with E-state index in [1.165, 1.54) is 5.56 Å². The zero-order valence-corrected chi connectivity index (χ0v) is 14.8. The molecule has 1 aromatic heterocycles. The Balaban J connectivity index is 1.93.